The van der Waals surface area contributed by atoms with Crippen molar-refractivity contribution in [2.45, 2.75) is 10.1 Å². The second kappa shape index (κ2) is 8.55. The maximum absolute atomic E-state index is 4.70. The van der Waals surface area contributed by atoms with Gasteiger partial charge in [0.15, 0.2) is 0 Å². The number of pyridine rings is 2. The molecule has 1 radical (unpaired) electrons. The van der Waals surface area contributed by atoms with E-state index in [9.17, 15) is 0 Å². The average Bonchev–Trinajstić information content (AvgIpc) is 2.21. The van der Waals surface area contributed by atoms with Crippen LogP contribution in [0.25, 0.3) is 0 Å². The predicted octanol–water partition coefficient (Wildman–Crippen LogP) is 1.97. The molecule has 0 N–H and O–H groups in total. The van der Waals surface area contributed by atoms with Crippen molar-refractivity contribution in [3.8, 4) is 0 Å². The first-order valence-corrected chi connectivity index (χ1v) is 4.77. The SMILES string of the molecule is [Co+2].[S-]c1ccccn1.[S-]c1ccccn1. The summed E-state index contributed by atoms with van der Waals surface area (Å²) in [6, 6.07) is 11.0. The van der Waals surface area contributed by atoms with Gasteiger partial charge in [-0.2, -0.15) is 0 Å². The van der Waals surface area contributed by atoms with E-state index < -0.39 is 0 Å². The molecule has 0 aromatic carbocycles. The van der Waals surface area contributed by atoms with E-state index in [1.165, 1.54) is 0 Å². The number of hydrogen-bond donors (Lipinski definition) is 0. The van der Waals surface area contributed by atoms with Crippen LogP contribution in [0.2, 0.25) is 0 Å². The molecule has 0 spiro atoms. The van der Waals surface area contributed by atoms with Crippen molar-refractivity contribution in [2.75, 3.05) is 0 Å². The van der Waals surface area contributed by atoms with Crippen molar-refractivity contribution >= 4 is 25.3 Å². The largest absolute Gasteiger partial charge is 2.00 e. The maximum Gasteiger partial charge on any atom is 2.00 e. The summed E-state index contributed by atoms with van der Waals surface area (Å²) in [4.78, 5) is 7.59. The van der Waals surface area contributed by atoms with Crippen LogP contribution in [0.1, 0.15) is 0 Å². The topological polar surface area (TPSA) is 25.8 Å². The first-order valence-electron chi connectivity index (χ1n) is 3.95. The molecule has 0 aliphatic heterocycles. The molecular weight excluding hydrogens is 271 g/mol. The molecule has 79 valence electrons. The molecule has 0 fully saturated rings. The minimum atomic E-state index is 0. The fraction of sp³-hybridized carbons (Fsp3) is 0. The number of hydrogen-bond acceptors (Lipinski definition) is 4. The van der Waals surface area contributed by atoms with Gasteiger partial charge in [-0.15, -0.1) is 0 Å². The molecule has 0 bridgehead atoms. The zero-order valence-corrected chi connectivity index (χ0v) is 10.3. The van der Waals surface area contributed by atoms with E-state index in [1.54, 1.807) is 24.5 Å². The van der Waals surface area contributed by atoms with Gasteiger partial charge >= 0.3 is 16.8 Å². The summed E-state index contributed by atoms with van der Waals surface area (Å²) >= 11 is 9.40. The summed E-state index contributed by atoms with van der Waals surface area (Å²) in [7, 11) is 0. The van der Waals surface area contributed by atoms with Gasteiger partial charge in [0.05, 0.1) is 0 Å². The minimum absolute atomic E-state index is 0. The van der Waals surface area contributed by atoms with Crippen molar-refractivity contribution in [1.29, 1.82) is 0 Å². The minimum Gasteiger partial charge on any atom is -0.760 e. The molecule has 0 aliphatic rings. The maximum atomic E-state index is 4.70. The third kappa shape index (κ3) is 7.21. The van der Waals surface area contributed by atoms with E-state index in [-0.39, 0.29) is 16.8 Å². The number of rotatable bonds is 0. The van der Waals surface area contributed by atoms with E-state index in [0.29, 0.717) is 10.1 Å². The second-order valence-corrected chi connectivity index (χ2v) is 3.17. The van der Waals surface area contributed by atoms with E-state index in [2.05, 4.69) is 9.97 Å². The van der Waals surface area contributed by atoms with Gasteiger partial charge in [0, 0.05) is 12.4 Å². The first-order chi connectivity index (χ1) is 6.79. The van der Waals surface area contributed by atoms with Crippen molar-refractivity contribution < 1.29 is 16.8 Å². The standard InChI is InChI=1S/2C5H5NS.Co/c2*7-5-3-1-2-4-6-5;/h2*1-4H,(H,6,7);/q;;+2/p-2. The van der Waals surface area contributed by atoms with Gasteiger partial charge in [-0.25, -0.2) is 0 Å². The average molecular weight is 279 g/mol. The Labute approximate surface area is 111 Å². The molecule has 0 atom stereocenters. The summed E-state index contributed by atoms with van der Waals surface area (Å²) < 4.78 is 0. The van der Waals surface area contributed by atoms with Gasteiger partial charge in [0.1, 0.15) is 0 Å². The summed E-state index contributed by atoms with van der Waals surface area (Å²) in [5.41, 5.74) is 0. The Bertz CT molecular complexity index is 319. The first kappa shape index (κ1) is 14.2. The molecule has 0 unspecified atom stereocenters. The van der Waals surface area contributed by atoms with Crippen molar-refractivity contribution in [3.63, 3.8) is 0 Å². The normalized spacial score (nSPS) is 8.00. The molecule has 2 rings (SSSR count). The molecule has 0 saturated heterocycles. The molecule has 2 aromatic rings. The molecular formula is C10H8CoN2S2. The summed E-state index contributed by atoms with van der Waals surface area (Å²) in [6.07, 6.45) is 3.37. The Morgan fingerprint density at radius 1 is 0.733 bits per heavy atom. The number of aromatic nitrogens is 2. The van der Waals surface area contributed by atoms with E-state index in [0.717, 1.165) is 0 Å². The Kier molecular flexibility index (Phi) is 8.12. The summed E-state index contributed by atoms with van der Waals surface area (Å²) in [5, 5.41) is 1.31. The van der Waals surface area contributed by atoms with Crippen molar-refractivity contribution in [2.24, 2.45) is 0 Å². The fourth-order valence-electron chi connectivity index (χ4n) is 0.694. The molecule has 2 nitrogen and oxygen atoms in total. The van der Waals surface area contributed by atoms with Gasteiger partial charge in [0.2, 0.25) is 0 Å². The van der Waals surface area contributed by atoms with Crippen LogP contribution in [0.5, 0.6) is 0 Å². The van der Waals surface area contributed by atoms with E-state index in [4.69, 9.17) is 25.3 Å². The molecule has 2 heterocycles. The van der Waals surface area contributed by atoms with Gasteiger partial charge in [-0.05, 0) is 12.1 Å². The fourth-order valence-corrected chi connectivity index (χ4v) is 0.973. The molecule has 2 aromatic heterocycles. The van der Waals surface area contributed by atoms with Crippen LogP contribution in [0.4, 0.5) is 0 Å². The monoisotopic (exact) mass is 279 g/mol. The molecule has 0 amide bonds. The van der Waals surface area contributed by atoms with Crippen LogP contribution in [-0.4, -0.2) is 9.97 Å². The van der Waals surface area contributed by atoms with E-state index in [1.807, 2.05) is 24.3 Å². The second-order valence-electron chi connectivity index (χ2n) is 2.34. The van der Waals surface area contributed by atoms with Crippen LogP contribution < -0.4 is 0 Å². The van der Waals surface area contributed by atoms with Gasteiger partial charge in [-0.1, -0.05) is 34.3 Å². The zero-order valence-electron chi connectivity index (χ0n) is 7.66. The quantitative estimate of drug-likeness (QED) is 0.689. The molecule has 0 aliphatic carbocycles. The van der Waals surface area contributed by atoms with Crippen LogP contribution in [0.3, 0.4) is 0 Å². The summed E-state index contributed by atoms with van der Waals surface area (Å²) in [5.74, 6) is 0. The van der Waals surface area contributed by atoms with Crippen LogP contribution in [0.15, 0.2) is 58.8 Å². The molecule has 0 saturated carbocycles. The van der Waals surface area contributed by atoms with Crippen molar-refractivity contribution in [3.05, 3.63) is 48.8 Å². The smallest absolute Gasteiger partial charge is 0.760 e. The van der Waals surface area contributed by atoms with Crippen LogP contribution >= 0.6 is 0 Å². The van der Waals surface area contributed by atoms with Gasteiger partial charge in [-0.3, -0.25) is 9.97 Å². The van der Waals surface area contributed by atoms with Crippen LogP contribution in [-0.2, 0) is 42.0 Å². The summed E-state index contributed by atoms with van der Waals surface area (Å²) in [6.45, 7) is 0. The third-order valence-corrected chi connectivity index (χ3v) is 1.76. The van der Waals surface area contributed by atoms with E-state index >= 15 is 0 Å². The van der Waals surface area contributed by atoms with Gasteiger partial charge < -0.3 is 25.3 Å². The Hall–Kier alpha value is -0.754. The number of nitrogens with zero attached hydrogens (tertiary/aromatic N) is 2. The van der Waals surface area contributed by atoms with Gasteiger partial charge in [0.25, 0.3) is 0 Å². The van der Waals surface area contributed by atoms with Crippen LogP contribution in [0, 0.1) is 0 Å². The zero-order chi connectivity index (χ0) is 10.2. The Morgan fingerprint density at radius 2 is 1.13 bits per heavy atom. The Morgan fingerprint density at radius 3 is 1.27 bits per heavy atom. The third-order valence-electron chi connectivity index (χ3n) is 1.28. The van der Waals surface area contributed by atoms with Crippen molar-refractivity contribution in [1.82, 2.24) is 9.97 Å². The Balaban J connectivity index is 0.000000245. The molecule has 5 heteroatoms. The predicted molar refractivity (Wildman–Crippen MR) is 59.7 cm³/mol. The molecule has 15 heavy (non-hydrogen) atoms.